The van der Waals surface area contributed by atoms with Gasteiger partial charge in [-0.05, 0) is 55.3 Å². The molecule has 1 amide bonds. The molecule has 0 bridgehead atoms. The van der Waals surface area contributed by atoms with Gasteiger partial charge in [-0.25, -0.2) is 0 Å². The van der Waals surface area contributed by atoms with Gasteiger partial charge >= 0.3 is 18.0 Å². The second-order valence-electron chi connectivity index (χ2n) is 7.97. The number of hydrogen-bond donors (Lipinski definition) is 3. The molecule has 0 saturated heterocycles. The lowest BCUT2D eigenvalue weighted by Gasteiger charge is -2.19. The number of halogens is 6. The first kappa shape index (κ1) is 25.9. The highest BCUT2D eigenvalue weighted by atomic mass is 19.4. The fourth-order valence-corrected chi connectivity index (χ4v) is 3.29. The van der Waals surface area contributed by atoms with Crippen LogP contribution in [0.15, 0.2) is 54.9 Å². The van der Waals surface area contributed by atoms with Crippen molar-refractivity contribution in [3.63, 3.8) is 0 Å². The zero-order valence-electron chi connectivity index (χ0n) is 18.4. The van der Waals surface area contributed by atoms with E-state index >= 15 is 0 Å². The van der Waals surface area contributed by atoms with Crippen LogP contribution in [0.4, 0.5) is 26.3 Å². The van der Waals surface area contributed by atoms with Gasteiger partial charge < -0.3 is 11.1 Å². The van der Waals surface area contributed by atoms with Gasteiger partial charge in [0.25, 0.3) is 5.91 Å². The number of aromatic nitrogens is 2. The zero-order chi connectivity index (χ0) is 26.1. The molecular formula is C23H21F6N4O2+. The topological polar surface area (TPSA) is 92.1 Å². The second kappa shape index (κ2) is 9.53. The number of pyridine rings is 2. The highest BCUT2D eigenvalue weighted by Crippen LogP contribution is 2.33. The van der Waals surface area contributed by atoms with Crippen molar-refractivity contribution in [2.75, 3.05) is 0 Å². The van der Waals surface area contributed by atoms with E-state index in [1.807, 2.05) is 0 Å². The standard InChI is InChI=1S/C23H20F6N4O2/c1-12-3-5-18(31-10-12)15-7-16(20(30)23(27,28)29)9-17(8-15)21(34)32-13(2)14-4-6-19(22(24,25)26)33(35)11-14/h3-11,13,20H,30H2,1-2H3,(H-,32,34,35)/p+1/t13-,20?/m1/s1. The number of nitrogens with zero attached hydrogens (tertiary/aromatic N) is 2. The van der Waals surface area contributed by atoms with Crippen molar-refractivity contribution in [3.05, 3.63) is 82.8 Å². The third-order valence-electron chi connectivity index (χ3n) is 5.23. The minimum Gasteiger partial charge on any atom is -0.345 e. The molecule has 1 aromatic carbocycles. The molecule has 12 heteroatoms. The van der Waals surface area contributed by atoms with Crippen LogP contribution in [0.2, 0.25) is 0 Å². The Balaban J connectivity index is 1.95. The van der Waals surface area contributed by atoms with E-state index in [2.05, 4.69) is 10.3 Å². The van der Waals surface area contributed by atoms with Gasteiger partial charge in [0, 0.05) is 33.7 Å². The first-order valence-electron chi connectivity index (χ1n) is 10.2. The predicted octanol–water partition coefficient (Wildman–Crippen LogP) is 4.65. The van der Waals surface area contributed by atoms with Crippen molar-refractivity contribution < 1.29 is 41.1 Å². The highest BCUT2D eigenvalue weighted by Gasteiger charge is 2.42. The van der Waals surface area contributed by atoms with Crippen LogP contribution in [-0.4, -0.2) is 22.3 Å². The molecule has 2 aromatic heterocycles. The summed E-state index contributed by atoms with van der Waals surface area (Å²) >= 11 is 0. The number of alkyl halides is 6. The molecule has 35 heavy (non-hydrogen) atoms. The van der Waals surface area contributed by atoms with Crippen molar-refractivity contribution in [3.8, 4) is 11.3 Å². The lowest BCUT2D eigenvalue weighted by Crippen LogP contribution is -2.40. The summed E-state index contributed by atoms with van der Waals surface area (Å²) in [7, 11) is 0. The maximum absolute atomic E-state index is 13.3. The predicted molar refractivity (Wildman–Crippen MR) is 112 cm³/mol. The van der Waals surface area contributed by atoms with Gasteiger partial charge in [0.2, 0.25) is 6.20 Å². The highest BCUT2D eigenvalue weighted by molar-refractivity contribution is 5.96. The van der Waals surface area contributed by atoms with Gasteiger partial charge in [0.1, 0.15) is 6.04 Å². The summed E-state index contributed by atoms with van der Waals surface area (Å²) in [6, 6.07) is 5.27. The molecule has 2 atom stereocenters. The summed E-state index contributed by atoms with van der Waals surface area (Å²) in [4.78, 5) is 17.1. The lowest BCUT2D eigenvalue weighted by atomic mass is 9.97. The number of nitrogens with one attached hydrogen (secondary N) is 1. The third-order valence-corrected chi connectivity index (χ3v) is 5.23. The fraction of sp³-hybridized carbons (Fsp3) is 0.261. The Bertz CT molecular complexity index is 1230. The number of carbonyl (C=O) groups is 1. The maximum atomic E-state index is 13.3. The molecule has 0 spiro atoms. The second-order valence-corrected chi connectivity index (χ2v) is 7.97. The van der Waals surface area contributed by atoms with E-state index in [0.29, 0.717) is 11.8 Å². The van der Waals surface area contributed by atoms with Crippen LogP contribution in [0.3, 0.4) is 0 Å². The average molecular weight is 499 g/mol. The number of amides is 1. The van der Waals surface area contributed by atoms with Gasteiger partial charge in [-0.3, -0.25) is 15.0 Å². The van der Waals surface area contributed by atoms with E-state index < -0.39 is 36.0 Å². The Morgan fingerprint density at radius 1 is 1.06 bits per heavy atom. The van der Waals surface area contributed by atoms with Crippen molar-refractivity contribution >= 4 is 5.91 Å². The molecule has 6 nitrogen and oxygen atoms in total. The molecule has 3 aromatic rings. The molecule has 0 radical (unpaired) electrons. The first-order valence-corrected chi connectivity index (χ1v) is 10.2. The van der Waals surface area contributed by atoms with Crippen LogP contribution < -0.4 is 15.8 Å². The van der Waals surface area contributed by atoms with E-state index in [4.69, 9.17) is 5.73 Å². The molecule has 0 fully saturated rings. The van der Waals surface area contributed by atoms with E-state index in [1.165, 1.54) is 25.3 Å². The minimum atomic E-state index is -4.79. The summed E-state index contributed by atoms with van der Waals surface area (Å²) < 4.78 is 78.3. The van der Waals surface area contributed by atoms with Crippen LogP contribution in [-0.2, 0) is 6.18 Å². The van der Waals surface area contributed by atoms with Crippen LogP contribution >= 0.6 is 0 Å². The largest absolute Gasteiger partial charge is 0.482 e. The molecule has 3 rings (SSSR count). The van der Waals surface area contributed by atoms with Crippen molar-refractivity contribution in [2.45, 2.75) is 38.3 Å². The van der Waals surface area contributed by atoms with E-state index in [-0.39, 0.29) is 27.0 Å². The average Bonchev–Trinajstić information content (AvgIpc) is 2.77. The van der Waals surface area contributed by atoms with Gasteiger partial charge in [0.15, 0.2) is 0 Å². The zero-order valence-corrected chi connectivity index (χ0v) is 18.4. The van der Waals surface area contributed by atoms with E-state index in [9.17, 15) is 36.3 Å². The quantitative estimate of drug-likeness (QED) is 0.271. The maximum Gasteiger partial charge on any atom is 0.482 e. The Hall–Kier alpha value is -3.67. The van der Waals surface area contributed by atoms with Gasteiger partial charge in [-0.2, -0.15) is 26.3 Å². The number of carbonyl (C=O) groups excluding carboxylic acids is 1. The molecule has 4 N–H and O–H groups in total. The monoisotopic (exact) mass is 499 g/mol. The van der Waals surface area contributed by atoms with Crippen LogP contribution in [0.1, 0.15) is 51.7 Å². The van der Waals surface area contributed by atoms with Crippen molar-refractivity contribution in [2.24, 2.45) is 5.73 Å². The molecule has 2 heterocycles. The molecule has 0 aliphatic carbocycles. The van der Waals surface area contributed by atoms with Gasteiger partial charge in [-0.15, -0.1) is 0 Å². The van der Waals surface area contributed by atoms with E-state index in [0.717, 1.165) is 23.9 Å². The fourth-order valence-electron chi connectivity index (χ4n) is 3.29. The van der Waals surface area contributed by atoms with Crippen LogP contribution in [0.5, 0.6) is 0 Å². The summed E-state index contributed by atoms with van der Waals surface area (Å²) in [6.45, 7) is 3.22. The number of nitrogens with two attached hydrogens (primary N) is 1. The molecule has 0 aliphatic heterocycles. The molecule has 0 saturated carbocycles. The molecular weight excluding hydrogens is 478 g/mol. The third kappa shape index (κ3) is 6.07. The number of hydrogen-bond acceptors (Lipinski definition) is 4. The van der Waals surface area contributed by atoms with Crippen LogP contribution in [0, 0.1) is 6.92 Å². The first-order chi connectivity index (χ1) is 16.2. The Labute approximate surface area is 196 Å². The summed E-state index contributed by atoms with van der Waals surface area (Å²) in [5.41, 5.74) is 5.02. The molecule has 1 unspecified atom stereocenters. The van der Waals surface area contributed by atoms with Crippen molar-refractivity contribution in [1.29, 1.82) is 0 Å². The van der Waals surface area contributed by atoms with Crippen molar-refractivity contribution in [1.82, 2.24) is 10.3 Å². The Kier molecular flexibility index (Phi) is 7.06. The summed E-state index contributed by atoms with van der Waals surface area (Å²) in [5, 5.41) is 12.1. The minimum absolute atomic E-state index is 0.109. The Morgan fingerprint density at radius 3 is 2.29 bits per heavy atom. The molecule has 0 aliphatic rings. The van der Waals surface area contributed by atoms with Gasteiger partial charge in [0.05, 0.1) is 11.7 Å². The summed E-state index contributed by atoms with van der Waals surface area (Å²) in [5.74, 6) is -0.800. The van der Waals surface area contributed by atoms with Gasteiger partial charge in [-0.1, -0.05) is 6.07 Å². The SMILES string of the molecule is Cc1ccc(-c2cc(C(=O)N[C@H](C)c3ccc(C(F)(F)F)[n+](O)c3)cc(C(N)C(F)(F)F)c2)nc1. The molecule has 186 valence electrons. The Morgan fingerprint density at radius 2 is 1.74 bits per heavy atom. The number of rotatable bonds is 5. The number of aryl methyl sites for hydroxylation is 1. The number of benzene rings is 1. The van der Waals surface area contributed by atoms with Crippen LogP contribution in [0.25, 0.3) is 11.3 Å². The van der Waals surface area contributed by atoms with E-state index in [1.54, 1.807) is 19.1 Å². The normalized spacial score (nSPS) is 13.9. The summed E-state index contributed by atoms with van der Waals surface area (Å²) in [6.07, 6.45) is -7.26. The lowest BCUT2D eigenvalue weighted by molar-refractivity contribution is -0.915. The smallest absolute Gasteiger partial charge is 0.345 e.